The molecule has 3 heterocycles. The second-order valence-electron chi connectivity index (χ2n) is 6.50. The Bertz CT molecular complexity index is 434. The fourth-order valence-corrected chi connectivity index (χ4v) is 3.53. The molecular weight excluding hydrogens is 314 g/mol. The molecule has 23 heavy (non-hydrogen) atoms. The average molecular weight is 337 g/mol. The third-order valence-electron chi connectivity index (χ3n) is 4.91. The molecule has 0 amide bonds. The van der Waals surface area contributed by atoms with Crippen LogP contribution in [0.2, 0.25) is 0 Å². The van der Waals surface area contributed by atoms with Crippen molar-refractivity contribution in [2.75, 3.05) is 6.61 Å². The SMILES string of the molecule is OC[C@H]1O[C@H](O[C@@H]2C[C@@H]3N[C@@](O)(C[C@H]3O)[C@H]2O)[C@H](O)[C@@H](O)[C@@H]1O. The van der Waals surface area contributed by atoms with Crippen molar-refractivity contribution in [2.45, 2.75) is 73.6 Å². The number of rotatable bonds is 3. The first kappa shape index (κ1) is 17.4. The van der Waals surface area contributed by atoms with E-state index < -0.39 is 67.4 Å². The molecule has 0 aliphatic carbocycles. The molecule has 0 radical (unpaired) electrons. The molecule has 3 aliphatic rings. The maximum Gasteiger partial charge on any atom is 0.187 e. The first-order valence-electron chi connectivity index (χ1n) is 7.59. The molecule has 0 unspecified atom stereocenters. The van der Waals surface area contributed by atoms with Gasteiger partial charge in [0.1, 0.15) is 36.2 Å². The highest BCUT2D eigenvalue weighted by atomic mass is 16.7. The molecule has 0 aromatic rings. The highest BCUT2D eigenvalue weighted by molar-refractivity contribution is 5.08. The third kappa shape index (κ3) is 2.89. The van der Waals surface area contributed by atoms with Crippen LogP contribution in [-0.4, -0.2) is 103 Å². The Morgan fingerprint density at radius 1 is 1.09 bits per heavy atom. The third-order valence-corrected chi connectivity index (χ3v) is 4.91. The molecule has 3 fully saturated rings. The van der Waals surface area contributed by atoms with E-state index in [0.29, 0.717) is 0 Å². The van der Waals surface area contributed by atoms with Crippen LogP contribution in [0.25, 0.3) is 0 Å². The van der Waals surface area contributed by atoms with Crippen LogP contribution >= 0.6 is 0 Å². The Morgan fingerprint density at radius 2 is 1.78 bits per heavy atom. The zero-order valence-corrected chi connectivity index (χ0v) is 12.3. The van der Waals surface area contributed by atoms with Crippen LogP contribution in [-0.2, 0) is 9.47 Å². The molecule has 3 aliphatic heterocycles. The zero-order chi connectivity index (χ0) is 16.9. The van der Waals surface area contributed by atoms with E-state index in [9.17, 15) is 30.6 Å². The minimum atomic E-state index is -1.71. The molecular formula is C13H23NO9. The minimum absolute atomic E-state index is 0.0621. The Labute approximate surface area is 131 Å². The second-order valence-corrected chi connectivity index (χ2v) is 6.50. The van der Waals surface area contributed by atoms with Gasteiger partial charge in [-0.1, -0.05) is 0 Å². The lowest BCUT2D eigenvalue weighted by Gasteiger charge is -2.44. The van der Waals surface area contributed by atoms with E-state index in [1.165, 1.54) is 0 Å². The number of aliphatic hydroxyl groups excluding tert-OH is 6. The molecule has 10 heteroatoms. The molecule has 0 spiro atoms. The number of piperidine rings is 1. The number of ether oxygens (including phenoxy) is 2. The quantitative estimate of drug-likeness (QED) is 0.250. The summed E-state index contributed by atoms with van der Waals surface area (Å²) in [5, 5.41) is 71.6. The summed E-state index contributed by atoms with van der Waals surface area (Å²) in [6, 6.07) is -0.488. The van der Waals surface area contributed by atoms with Gasteiger partial charge in [-0.3, -0.25) is 5.32 Å². The summed E-state index contributed by atoms with van der Waals surface area (Å²) in [4.78, 5) is 0. The first-order chi connectivity index (χ1) is 10.8. The Morgan fingerprint density at radius 3 is 2.43 bits per heavy atom. The zero-order valence-electron chi connectivity index (χ0n) is 12.3. The van der Waals surface area contributed by atoms with Crippen LogP contribution in [0.3, 0.4) is 0 Å². The van der Waals surface area contributed by atoms with Gasteiger partial charge in [-0.2, -0.15) is 0 Å². The maximum absolute atomic E-state index is 10.3. The number of hydrogen-bond acceptors (Lipinski definition) is 10. The summed E-state index contributed by atoms with van der Waals surface area (Å²) < 4.78 is 10.7. The second kappa shape index (κ2) is 6.15. The van der Waals surface area contributed by atoms with Gasteiger partial charge in [0.2, 0.25) is 0 Å². The first-order valence-corrected chi connectivity index (χ1v) is 7.59. The summed E-state index contributed by atoms with van der Waals surface area (Å²) in [6.07, 6.45) is -10.3. The van der Waals surface area contributed by atoms with Gasteiger partial charge in [0.25, 0.3) is 0 Å². The Balaban J connectivity index is 1.71. The van der Waals surface area contributed by atoms with E-state index in [1.54, 1.807) is 0 Å². The van der Waals surface area contributed by atoms with Crippen molar-refractivity contribution in [1.29, 1.82) is 0 Å². The summed E-state index contributed by atoms with van der Waals surface area (Å²) in [6.45, 7) is -0.592. The van der Waals surface area contributed by atoms with Crippen LogP contribution in [0.1, 0.15) is 12.8 Å². The monoisotopic (exact) mass is 337 g/mol. The van der Waals surface area contributed by atoms with Gasteiger partial charge in [0, 0.05) is 12.5 Å². The van der Waals surface area contributed by atoms with E-state index in [1.807, 2.05) is 0 Å². The van der Waals surface area contributed by atoms with Crippen LogP contribution in [0.4, 0.5) is 0 Å². The number of fused-ring (bicyclic) bond motifs is 2. The van der Waals surface area contributed by atoms with Gasteiger partial charge in [0.05, 0.1) is 18.8 Å². The smallest absolute Gasteiger partial charge is 0.187 e. The molecule has 10 nitrogen and oxygen atoms in total. The lowest BCUT2D eigenvalue weighted by molar-refractivity contribution is -0.325. The molecule has 3 saturated heterocycles. The van der Waals surface area contributed by atoms with E-state index in [2.05, 4.69) is 5.32 Å². The van der Waals surface area contributed by atoms with Crippen molar-refractivity contribution in [2.24, 2.45) is 0 Å². The largest absolute Gasteiger partial charge is 0.394 e. The standard InChI is InChI=1S/C13H23NO9/c15-3-7-8(17)9(18)10(19)12(23-7)22-6-1-4-5(16)2-13(21,14-4)11(6)20/h4-12,14-21H,1-3H2/t4-,5+,6+,7+,8+,9-,10+,11-,12-,13+/m0/s1. The molecule has 2 bridgehead atoms. The van der Waals surface area contributed by atoms with Gasteiger partial charge in [0.15, 0.2) is 6.29 Å². The summed E-state index contributed by atoms with van der Waals surface area (Å²) in [5.74, 6) is 0. The maximum atomic E-state index is 10.3. The number of nitrogens with one attached hydrogen (secondary N) is 1. The lowest BCUT2D eigenvalue weighted by Crippen LogP contribution is -2.65. The summed E-state index contributed by atoms with van der Waals surface area (Å²) >= 11 is 0. The van der Waals surface area contributed by atoms with Gasteiger partial charge < -0.3 is 45.2 Å². The van der Waals surface area contributed by atoms with Crippen LogP contribution in [0.15, 0.2) is 0 Å². The molecule has 0 saturated carbocycles. The normalized spacial score (nSPS) is 56.7. The van der Waals surface area contributed by atoms with Gasteiger partial charge in [-0.15, -0.1) is 0 Å². The van der Waals surface area contributed by atoms with Crippen molar-refractivity contribution in [3.05, 3.63) is 0 Å². The number of hydrogen-bond donors (Lipinski definition) is 8. The fraction of sp³-hybridized carbons (Fsp3) is 1.00. The molecule has 134 valence electrons. The minimum Gasteiger partial charge on any atom is -0.394 e. The summed E-state index contributed by atoms with van der Waals surface area (Å²) in [5.41, 5.74) is -1.71. The van der Waals surface area contributed by atoms with Gasteiger partial charge >= 0.3 is 0 Å². The van der Waals surface area contributed by atoms with E-state index in [4.69, 9.17) is 14.6 Å². The van der Waals surface area contributed by atoms with E-state index in [-0.39, 0.29) is 12.8 Å². The molecule has 10 atom stereocenters. The van der Waals surface area contributed by atoms with Crippen LogP contribution in [0, 0.1) is 0 Å². The molecule has 0 aromatic heterocycles. The van der Waals surface area contributed by atoms with Crippen LogP contribution in [0.5, 0.6) is 0 Å². The van der Waals surface area contributed by atoms with Crippen molar-refractivity contribution >= 4 is 0 Å². The molecule has 8 N–H and O–H groups in total. The van der Waals surface area contributed by atoms with E-state index >= 15 is 0 Å². The topological polar surface area (TPSA) is 172 Å². The van der Waals surface area contributed by atoms with Gasteiger partial charge in [-0.05, 0) is 6.42 Å². The average Bonchev–Trinajstić information content (AvgIpc) is 2.77. The predicted molar refractivity (Wildman–Crippen MR) is 71.8 cm³/mol. The lowest BCUT2D eigenvalue weighted by atomic mass is 9.95. The highest BCUT2D eigenvalue weighted by Gasteiger charge is 2.57. The highest BCUT2D eigenvalue weighted by Crippen LogP contribution is 2.37. The van der Waals surface area contributed by atoms with E-state index in [0.717, 1.165) is 0 Å². The Hall–Kier alpha value is -0.400. The molecule has 3 rings (SSSR count). The fourth-order valence-electron chi connectivity index (χ4n) is 3.53. The van der Waals surface area contributed by atoms with Crippen LogP contribution < -0.4 is 5.32 Å². The van der Waals surface area contributed by atoms with Crippen molar-refractivity contribution < 1.29 is 45.2 Å². The predicted octanol–water partition coefficient (Wildman–Crippen LogP) is -4.65. The van der Waals surface area contributed by atoms with Crippen molar-refractivity contribution in [3.63, 3.8) is 0 Å². The number of aliphatic hydroxyl groups is 7. The van der Waals surface area contributed by atoms with Crippen molar-refractivity contribution in [3.8, 4) is 0 Å². The summed E-state index contributed by atoms with van der Waals surface area (Å²) in [7, 11) is 0. The van der Waals surface area contributed by atoms with Crippen molar-refractivity contribution in [1.82, 2.24) is 5.32 Å². The molecule has 0 aromatic carbocycles. The van der Waals surface area contributed by atoms with Gasteiger partial charge in [-0.25, -0.2) is 0 Å². The Kier molecular flexibility index (Phi) is 4.66.